The molecule has 2 N–H and O–H groups in total. The third kappa shape index (κ3) is 3.57. The summed E-state index contributed by atoms with van der Waals surface area (Å²) in [5, 5.41) is 2.72. The van der Waals surface area contributed by atoms with Gasteiger partial charge in [-0.1, -0.05) is 36.4 Å². The van der Waals surface area contributed by atoms with Crippen molar-refractivity contribution in [2.45, 2.75) is 13.5 Å². The van der Waals surface area contributed by atoms with E-state index < -0.39 is 11.5 Å². The van der Waals surface area contributed by atoms with Crippen molar-refractivity contribution in [2.75, 3.05) is 0 Å². The highest BCUT2D eigenvalue weighted by Gasteiger charge is 2.11. The first-order valence-electron chi connectivity index (χ1n) is 7.63. The van der Waals surface area contributed by atoms with Crippen LogP contribution in [-0.4, -0.2) is 15.9 Å². The molecule has 1 aromatic carbocycles. The third-order valence-electron chi connectivity index (χ3n) is 3.61. The molecule has 5 heteroatoms. The number of aromatic amines is 1. The lowest BCUT2D eigenvalue weighted by atomic mass is 10.1. The summed E-state index contributed by atoms with van der Waals surface area (Å²) in [6, 6.07) is 18.4. The normalized spacial score (nSPS) is 10.4. The zero-order chi connectivity index (χ0) is 16.9. The maximum Gasteiger partial charge on any atom is 0.261 e. The molecule has 0 saturated carbocycles. The molecule has 5 nitrogen and oxygen atoms in total. The minimum absolute atomic E-state index is 0.0855. The van der Waals surface area contributed by atoms with Crippen LogP contribution in [0.5, 0.6) is 0 Å². The minimum Gasteiger partial charge on any atom is -0.346 e. The molecule has 120 valence electrons. The highest BCUT2D eigenvalue weighted by atomic mass is 16.2. The van der Waals surface area contributed by atoms with E-state index in [1.165, 1.54) is 0 Å². The van der Waals surface area contributed by atoms with Crippen LogP contribution in [0.15, 0.2) is 65.5 Å². The number of carbonyl (C=O) groups is 1. The molecule has 2 heterocycles. The maximum absolute atomic E-state index is 12.2. The molecule has 0 unspecified atom stereocenters. The smallest absolute Gasteiger partial charge is 0.261 e. The van der Waals surface area contributed by atoms with Gasteiger partial charge in [-0.15, -0.1) is 0 Å². The van der Waals surface area contributed by atoms with Crippen LogP contribution in [0.25, 0.3) is 11.3 Å². The van der Waals surface area contributed by atoms with Crippen molar-refractivity contribution in [1.82, 2.24) is 15.3 Å². The van der Waals surface area contributed by atoms with Gasteiger partial charge >= 0.3 is 0 Å². The molecule has 2 aromatic heterocycles. The van der Waals surface area contributed by atoms with Crippen molar-refractivity contribution in [1.29, 1.82) is 0 Å². The Morgan fingerprint density at radius 2 is 1.83 bits per heavy atom. The molecule has 0 aliphatic rings. The number of hydrogen-bond acceptors (Lipinski definition) is 3. The van der Waals surface area contributed by atoms with Crippen LogP contribution >= 0.6 is 0 Å². The van der Waals surface area contributed by atoms with Crippen molar-refractivity contribution < 1.29 is 4.79 Å². The molecule has 0 spiro atoms. The molecule has 0 aliphatic heterocycles. The van der Waals surface area contributed by atoms with Crippen LogP contribution in [0.2, 0.25) is 0 Å². The average molecular weight is 319 g/mol. The summed E-state index contributed by atoms with van der Waals surface area (Å²) in [6.07, 6.45) is 0. The number of nitrogens with one attached hydrogen (secondary N) is 2. The van der Waals surface area contributed by atoms with Gasteiger partial charge in [-0.05, 0) is 36.8 Å². The first kappa shape index (κ1) is 15.7. The predicted molar refractivity (Wildman–Crippen MR) is 92.6 cm³/mol. The van der Waals surface area contributed by atoms with E-state index in [9.17, 15) is 9.59 Å². The highest BCUT2D eigenvalue weighted by molar-refractivity contribution is 5.94. The molecular formula is C19H17N3O2. The number of nitrogens with zero attached hydrogens (tertiary/aromatic N) is 1. The van der Waals surface area contributed by atoms with Crippen LogP contribution in [-0.2, 0) is 6.54 Å². The quantitative estimate of drug-likeness (QED) is 0.776. The number of aromatic nitrogens is 2. The second-order valence-electron chi connectivity index (χ2n) is 5.43. The summed E-state index contributed by atoms with van der Waals surface area (Å²) in [7, 11) is 0. The van der Waals surface area contributed by atoms with Crippen molar-refractivity contribution in [2.24, 2.45) is 0 Å². The van der Waals surface area contributed by atoms with Crippen LogP contribution in [0.1, 0.15) is 21.7 Å². The Labute approximate surface area is 139 Å². The summed E-state index contributed by atoms with van der Waals surface area (Å²) in [5.74, 6) is -0.417. The monoisotopic (exact) mass is 319 g/mol. The Kier molecular flexibility index (Phi) is 4.52. The van der Waals surface area contributed by atoms with E-state index in [-0.39, 0.29) is 12.1 Å². The SMILES string of the molecule is Cc1cccc(CNC(=O)c2ccc(-c3ccccc3)[nH]c2=O)n1. The molecule has 0 fully saturated rings. The van der Waals surface area contributed by atoms with Crippen molar-refractivity contribution in [3.63, 3.8) is 0 Å². The van der Waals surface area contributed by atoms with Gasteiger partial charge in [0.05, 0.1) is 12.2 Å². The van der Waals surface area contributed by atoms with E-state index in [1.54, 1.807) is 12.1 Å². The van der Waals surface area contributed by atoms with Gasteiger partial charge < -0.3 is 10.3 Å². The lowest BCUT2D eigenvalue weighted by Gasteiger charge is -2.06. The Morgan fingerprint density at radius 1 is 1.04 bits per heavy atom. The molecule has 1 amide bonds. The Morgan fingerprint density at radius 3 is 2.54 bits per heavy atom. The van der Waals surface area contributed by atoms with Crippen molar-refractivity contribution >= 4 is 5.91 Å². The van der Waals surface area contributed by atoms with E-state index in [0.717, 1.165) is 17.0 Å². The number of rotatable bonds is 4. The molecule has 24 heavy (non-hydrogen) atoms. The number of pyridine rings is 2. The fourth-order valence-electron chi connectivity index (χ4n) is 2.40. The fourth-order valence-corrected chi connectivity index (χ4v) is 2.40. The third-order valence-corrected chi connectivity index (χ3v) is 3.61. The summed E-state index contributed by atoms with van der Waals surface area (Å²) in [6.45, 7) is 2.17. The van der Waals surface area contributed by atoms with Crippen LogP contribution in [0.4, 0.5) is 0 Å². The Balaban J connectivity index is 1.75. The largest absolute Gasteiger partial charge is 0.346 e. The Bertz CT molecular complexity index is 917. The molecule has 0 aliphatic carbocycles. The number of amides is 1. The fraction of sp³-hybridized carbons (Fsp3) is 0.105. The van der Waals surface area contributed by atoms with E-state index in [4.69, 9.17) is 0 Å². The van der Waals surface area contributed by atoms with Gasteiger partial charge in [-0.3, -0.25) is 14.6 Å². The highest BCUT2D eigenvalue weighted by Crippen LogP contribution is 2.14. The maximum atomic E-state index is 12.2. The zero-order valence-corrected chi connectivity index (χ0v) is 13.2. The second kappa shape index (κ2) is 6.91. The first-order chi connectivity index (χ1) is 11.6. The van der Waals surface area contributed by atoms with Gasteiger partial charge in [0.25, 0.3) is 11.5 Å². The molecule has 3 aromatic rings. The van der Waals surface area contributed by atoms with Gasteiger partial charge in [0.2, 0.25) is 0 Å². The Hall–Kier alpha value is -3.21. The number of H-pyrrole nitrogens is 1. The summed E-state index contributed by atoms with van der Waals surface area (Å²) in [4.78, 5) is 31.5. The number of hydrogen-bond donors (Lipinski definition) is 2. The molecule has 0 saturated heterocycles. The minimum atomic E-state index is -0.417. The van der Waals surface area contributed by atoms with Crippen molar-refractivity contribution in [3.8, 4) is 11.3 Å². The molecule has 3 rings (SSSR count). The zero-order valence-electron chi connectivity index (χ0n) is 13.2. The van der Waals surface area contributed by atoms with Crippen LogP contribution < -0.4 is 10.9 Å². The van der Waals surface area contributed by atoms with Gasteiger partial charge in [0.15, 0.2) is 0 Å². The van der Waals surface area contributed by atoms with Crippen molar-refractivity contribution in [3.05, 3.63) is 88.0 Å². The van der Waals surface area contributed by atoms with E-state index in [1.807, 2.05) is 55.5 Å². The molecule has 0 atom stereocenters. The molecule has 0 radical (unpaired) electrons. The summed E-state index contributed by atoms with van der Waals surface area (Å²) in [5.41, 5.74) is 2.88. The summed E-state index contributed by atoms with van der Waals surface area (Å²) < 4.78 is 0. The number of benzene rings is 1. The topological polar surface area (TPSA) is 74.8 Å². The first-order valence-corrected chi connectivity index (χ1v) is 7.63. The van der Waals surface area contributed by atoms with E-state index in [2.05, 4.69) is 15.3 Å². The second-order valence-corrected chi connectivity index (χ2v) is 5.43. The number of aryl methyl sites for hydroxylation is 1. The standard InChI is InChI=1S/C19H17N3O2/c1-13-6-5-9-15(21-13)12-20-18(23)16-10-11-17(22-19(16)24)14-7-3-2-4-8-14/h2-11H,12H2,1H3,(H,20,23)(H,22,24). The lowest BCUT2D eigenvalue weighted by molar-refractivity contribution is 0.0949. The van der Waals surface area contributed by atoms with Gasteiger partial charge in [-0.2, -0.15) is 0 Å². The van der Waals surface area contributed by atoms with Crippen LogP contribution in [0.3, 0.4) is 0 Å². The van der Waals surface area contributed by atoms with Gasteiger partial charge in [0, 0.05) is 11.4 Å². The van der Waals surface area contributed by atoms with E-state index in [0.29, 0.717) is 5.69 Å². The van der Waals surface area contributed by atoms with E-state index >= 15 is 0 Å². The molecule has 0 bridgehead atoms. The molecular weight excluding hydrogens is 302 g/mol. The van der Waals surface area contributed by atoms with Gasteiger partial charge in [0.1, 0.15) is 5.56 Å². The predicted octanol–water partition coefficient (Wildman–Crippen LogP) is 2.68. The average Bonchev–Trinajstić information content (AvgIpc) is 2.60. The van der Waals surface area contributed by atoms with Gasteiger partial charge in [-0.25, -0.2) is 0 Å². The summed E-state index contributed by atoms with van der Waals surface area (Å²) >= 11 is 0. The van der Waals surface area contributed by atoms with Crippen LogP contribution in [0, 0.1) is 6.92 Å². The number of carbonyl (C=O) groups excluding carboxylic acids is 1. The lowest BCUT2D eigenvalue weighted by Crippen LogP contribution is -2.29.